The number of Topliss-reactive ketones (excluding diaryl/α,β-unsaturated/α-hetero) is 1. The molecule has 5 rings (SSSR count). The molecular weight excluding hydrogens is 434 g/mol. The number of carbonyl (C=O) groups excluding carboxylic acids is 4. The van der Waals surface area contributed by atoms with E-state index in [0.29, 0.717) is 35.4 Å². The highest BCUT2D eigenvalue weighted by atomic mass is 16.5. The first kappa shape index (κ1) is 22.5. The van der Waals surface area contributed by atoms with Gasteiger partial charge in [-0.2, -0.15) is 0 Å². The molecule has 1 aromatic carbocycles. The van der Waals surface area contributed by atoms with Crippen molar-refractivity contribution in [1.82, 2.24) is 4.90 Å². The molecule has 0 radical (unpaired) electrons. The zero-order valence-corrected chi connectivity index (χ0v) is 19.2. The number of aliphatic hydroxyl groups excluding tert-OH is 1. The number of hydrogen-bond donors (Lipinski definition) is 1. The maximum Gasteiger partial charge on any atom is 0.233 e. The molecule has 1 aliphatic heterocycles. The van der Waals surface area contributed by atoms with Crippen LogP contribution in [0.15, 0.2) is 58.7 Å². The second kappa shape index (κ2) is 8.47. The third-order valence-corrected chi connectivity index (χ3v) is 7.55. The SMILES string of the molecule is CCN1C(=O)[C@H]2[C@H](CC=C3[C@H](c4ccccc4OCCO)C4=C(C[C@H]32)C(=O)C=C(C)C4=O)C1=O. The van der Waals surface area contributed by atoms with E-state index in [4.69, 9.17) is 4.74 Å². The van der Waals surface area contributed by atoms with Crippen molar-refractivity contribution in [3.05, 3.63) is 64.3 Å². The molecule has 1 fully saturated rings. The lowest BCUT2D eigenvalue weighted by Crippen LogP contribution is -2.39. The normalized spacial score (nSPS) is 28.4. The molecule has 7 nitrogen and oxygen atoms in total. The fraction of sp³-hybridized carbons (Fsp3) is 0.407. The van der Waals surface area contributed by atoms with Crippen LogP contribution in [0.5, 0.6) is 5.75 Å². The van der Waals surface area contributed by atoms with E-state index in [2.05, 4.69) is 0 Å². The summed E-state index contributed by atoms with van der Waals surface area (Å²) in [4.78, 5) is 54.1. The number of nitrogens with zero attached hydrogens (tertiary/aromatic N) is 1. The number of para-hydroxylation sites is 1. The van der Waals surface area contributed by atoms with E-state index in [0.717, 1.165) is 11.1 Å². The van der Waals surface area contributed by atoms with Crippen molar-refractivity contribution in [3.8, 4) is 5.75 Å². The molecule has 0 bridgehead atoms. The van der Waals surface area contributed by atoms with Gasteiger partial charge in [0, 0.05) is 34.7 Å². The summed E-state index contributed by atoms with van der Waals surface area (Å²) in [5.41, 5.74) is 2.87. The van der Waals surface area contributed by atoms with Gasteiger partial charge < -0.3 is 9.84 Å². The molecule has 3 aliphatic carbocycles. The van der Waals surface area contributed by atoms with Gasteiger partial charge in [0.2, 0.25) is 11.8 Å². The fourth-order valence-electron chi connectivity index (χ4n) is 6.10. The van der Waals surface area contributed by atoms with Crippen LogP contribution in [0, 0.1) is 17.8 Å². The average Bonchev–Trinajstić information content (AvgIpc) is 3.09. The molecule has 176 valence electrons. The molecule has 0 aromatic heterocycles. The summed E-state index contributed by atoms with van der Waals surface area (Å²) in [5, 5.41) is 9.29. The molecule has 1 heterocycles. The molecule has 34 heavy (non-hydrogen) atoms. The molecule has 4 atom stereocenters. The third kappa shape index (κ3) is 3.21. The lowest BCUT2D eigenvalue weighted by atomic mass is 9.59. The highest BCUT2D eigenvalue weighted by Gasteiger charge is 2.56. The van der Waals surface area contributed by atoms with E-state index in [9.17, 15) is 24.3 Å². The van der Waals surface area contributed by atoms with Crippen LogP contribution in [0.25, 0.3) is 0 Å². The molecular formula is C27H27NO6. The Hall–Kier alpha value is -3.32. The zero-order valence-electron chi connectivity index (χ0n) is 19.2. The van der Waals surface area contributed by atoms with Gasteiger partial charge in [-0.15, -0.1) is 0 Å². The summed E-state index contributed by atoms with van der Waals surface area (Å²) in [6.07, 6.45) is 4.07. The molecule has 4 aliphatic rings. The van der Waals surface area contributed by atoms with Crippen LogP contribution in [0.4, 0.5) is 0 Å². The molecule has 1 saturated heterocycles. The van der Waals surface area contributed by atoms with Gasteiger partial charge in [0.05, 0.1) is 18.4 Å². The zero-order chi connectivity index (χ0) is 24.1. The standard InChI is InChI=1S/C27H27NO6/c1-3-28-26(32)17-9-8-15-18(23(17)27(28)33)13-19-20(30)12-14(2)25(31)24(19)22(15)16-6-4-5-7-21(16)34-11-10-29/h4-8,12,17-18,22-23,29H,3,9-11,13H2,1-2H3/t17-,18+,22+,23-/m0/s1. The summed E-state index contributed by atoms with van der Waals surface area (Å²) in [6, 6.07) is 7.30. The minimum atomic E-state index is -0.553. The first-order valence-electron chi connectivity index (χ1n) is 11.8. The number of hydrogen-bond acceptors (Lipinski definition) is 6. The van der Waals surface area contributed by atoms with Gasteiger partial charge in [0.15, 0.2) is 11.6 Å². The Morgan fingerprint density at radius 1 is 1.09 bits per heavy atom. The molecule has 0 saturated carbocycles. The topological polar surface area (TPSA) is 101 Å². The second-order valence-corrected chi connectivity index (χ2v) is 9.26. The first-order valence-corrected chi connectivity index (χ1v) is 11.8. The Labute approximate surface area is 197 Å². The summed E-state index contributed by atoms with van der Waals surface area (Å²) >= 11 is 0. The van der Waals surface area contributed by atoms with Crippen LogP contribution in [-0.2, 0) is 19.2 Å². The van der Waals surface area contributed by atoms with Crippen molar-refractivity contribution in [3.63, 3.8) is 0 Å². The van der Waals surface area contributed by atoms with Crippen LogP contribution in [0.3, 0.4) is 0 Å². The molecule has 2 amide bonds. The average molecular weight is 462 g/mol. The molecule has 1 aromatic rings. The predicted molar refractivity (Wildman–Crippen MR) is 123 cm³/mol. The van der Waals surface area contributed by atoms with Crippen molar-refractivity contribution in [2.75, 3.05) is 19.8 Å². The fourth-order valence-corrected chi connectivity index (χ4v) is 6.10. The number of ether oxygens (including phenoxy) is 1. The van der Waals surface area contributed by atoms with Gasteiger partial charge in [-0.3, -0.25) is 24.1 Å². The molecule has 0 spiro atoms. The van der Waals surface area contributed by atoms with Gasteiger partial charge in [-0.25, -0.2) is 0 Å². The number of imide groups is 1. The van der Waals surface area contributed by atoms with Gasteiger partial charge in [-0.05, 0) is 44.7 Å². The minimum Gasteiger partial charge on any atom is -0.491 e. The number of amides is 2. The van der Waals surface area contributed by atoms with Crippen molar-refractivity contribution in [2.45, 2.75) is 32.6 Å². The number of ketones is 2. The summed E-state index contributed by atoms with van der Waals surface area (Å²) in [5.74, 6) is -2.08. The summed E-state index contributed by atoms with van der Waals surface area (Å²) in [7, 11) is 0. The largest absolute Gasteiger partial charge is 0.491 e. The van der Waals surface area contributed by atoms with Crippen LogP contribution in [0.1, 0.15) is 38.2 Å². The van der Waals surface area contributed by atoms with Crippen molar-refractivity contribution < 1.29 is 29.0 Å². The molecule has 1 N–H and O–H groups in total. The van der Waals surface area contributed by atoms with Crippen LogP contribution in [0.2, 0.25) is 0 Å². The first-order chi connectivity index (χ1) is 16.4. The van der Waals surface area contributed by atoms with Crippen molar-refractivity contribution in [2.24, 2.45) is 17.8 Å². The number of rotatable bonds is 5. The van der Waals surface area contributed by atoms with E-state index >= 15 is 0 Å². The Bertz CT molecular complexity index is 1210. The number of aliphatic hydroxyl groups is 1. The van der Waals surface area contributed by atoms with E-state index in [-0.39, 0.29) is 48.9 Å². The lowest BCUT2D eigenvalue weighted by molar-refractivity contribution is -0.139. The predicted octanol–water partition coefficient (Wildman–Crippen LogP) is 2.51. The summed E-state index contributed by atoms with van der Waals surface area (Å²) in [6.45, 7) is 3.68. The van der Waals surface area contributed by atoms with Crippen molar-refractivity contribution in [1.29, 1.82) is 0 Å². The maximum absolute atomic E-state index is 13.4. The van der Waals surface area contributed by atoms with E-state index in [1.165, 1.54) is 11.0 Å². The Morgan fingerprint density at radius 2 is 1.85 bits per heavy atom. The molecule has 7 heteroatoms. The van der Waals surface area contributed by atoms with Gasteiger partial charge >= 0.3 is 0 Å². The van der Waals surface area contributed by atoms with E-state index in [1.54, 1.807) is 19.9 Å². The Balaban J connectivity index is 1.69. The Morgan fingerprint density at radius 3 is 2.59 bits per heavy atom. The Kier molecular flexibility index (Phi) is 5.60. The summed E-state index contributed by atoms with van der Waals surface area (Å²) < 4.78 is 5.81. The third-order valence-electron chi connectivity index (χ3n) is 7.55. The van der Waals surface area contributed by atoms with E-state index < -0.39 is 17.8 Å². The van der Waals surface area contributed by atoms with Gasteiger partial charge in [0.25, 0.3) is 0 Å². The van der Waals surface area contributed by atoms with Crippen molar-refractivity contribution >= 4 is 23.4 Å². The second-order valence-electron chi connectivity index (χ2n) is 9.26. The highest BCUT2D eigenvalue weighted by Crippen LogP contribution is 2.56. The van der Waals surface area contributed by atoms with Gasteiger partial charge in [0.1, 0.15) is 12.4 Å². The number of carbonyl (C=O) groups is 4. The molecule has 0 unspecified atom stereocenters. The minimum absolute atomic E-state index is 0.0903. The van der Waals surface area contributed by atoms with Crippen LogP contribution < -0.4 is 4.74 Å². The van der Waals surface area contributed by atoms with E-state index in [1.807, 2.05) is 24.3 Å². The number of allylic oxidation sites excluding steroid dienone is 6. The van der Waals surface area contributed by atoms with Crippen LogP contribution in [-0.4, -0.2) is 53.1 Å². The maximum atomic E-state index is 13.4. The van der Waals surface area contributed by atoms with Crippen LogP contribution >= 0.6 is 0 Å². The monoisotopic (exact) mass is 461 g/mol. The smallest absolute Gasteiger partial charge is 0.233 e. The number of fused-ring (bicyclic) bond motifs is 3. The van der Waals surface area contributed by atoms with Gasteiger partial charge in [-0.1, -0.05) is 29.8 Å². The lowest BCUT2D eigenvalue weighted by Gasteiger charge is -2.42. The number of benzene rings is 1. The quantitative estimate of drug-likeness (QED) is 0.411. The number of likely N-dealkylation sites (tertiary alicyclic amines) is 1. The highest BCUT2D eigenvalue weighted by molar-refractivity contribution is 6.23.